The number of carbonyl (C=O) groups is 1. The van der Waals surface area contributed by atoms with Gasteiger partial charge >= 0.3 is 0 Å². The molecule has 6 heteroatoms. The molecule has 0 atom stereocenters. The molecule has 0 bridgehead atoms. The van der Waals surface area contributed by atoms with Crippen LogP contribution in [0, 0.1) is 5.92 Å². The number of likely N-dealkylation sites (tertiary alicyclic amines) is 1. The molecule has 1 saturated carbocycles. The van der Waals surface area contributed by atoms with Crippen LogP contribution in [0.15, 0.2) is 18.2 Å². The number of amides is 1. The van der Waals surface area contributed by atoms with Crippen molar-refractivity contribution in [1.29, 1.82) is 0 Å². The van der Waals surface area contributed by atoms with Crippen LogP contribution in [0.5, 0.6) is 0 Å². The molecule has 1 N–H and O–H groups in total. The number of carbonyl (C=O) groups excluding carboxylic acids is 1. The predicted octanol–water partition coefficient (Wildman–Crippen LogP) is 5.00. The summed E-state index contributed by atoms with van der Waals surface area (Å²) in [4.78, 5) is 14.7. The second kappa shape index (κ2) is 10.2. The average molecular weight is 415 g/mol. The van der Waals surface area contributed by atoms with Gasteiger partial charge in [0.25, 0.3) is 0 Å². The van der Waals surface area contributed by atoms with Gasteiger partial charge < -0.3 is 5.32 Å². The summed E-state index contributed by atoms with van der Waals surface area (Å²) in [6.45, 7) is 3.50. The van der Waals surface area contributed by atoms with Crippen LogP contribution in [-0.4, -0.2) is 41.4 Å². The second-order valence-corrected chi connectivity index (χ2v) is 9.61. The van der Waals surface area contributed by atoms with Gasteiger partial charge in [-0.1, -0.05) is 42.1 Å². The van der Waals surface area contributed by atoms with E-state index >= 15 is 0 Å². The topological polar surface area (TPSA) is 32.3 Å². The van der Waals surface area contributed by atoms with E-state index in [0.29, 0.717) is 5.02 Å². The maximum absolute atomic E-state index is 12.4. The second-order valence-electron chi connectivity index (χ2n) is 7.35. The highest BCUT2D eigenvalue weighted by Gasteiger charge is 2.25. The van der Waals surface area contributed by atoms with Crippen LogP contribution in [0.25, 0.3) is 0 Å². The summed E-state index contributed by atoms with van der Waals surface area (Å²) in [6, 6.07) is 5.67. The van der Waals surface area contributed by atoms with Gasteiger partial charge in [-0.2, -0.15) is 11.8 Å². The lowest BCUT2D eigenvalue weighted by Gasteiger charge is -2.31. The first-order valence-corrected chi connectivity index (χ1v) is 11.5. The molecule has 0 radical (unpaired) electrons. The first-order chi connectivity index (χ1) is 12.6. The van der Waals surface area contributed by atoms with E-state index in [1.165, 1.54) is 25.7 Å². The Balaban J connectivity index is 1.34. The van der Waals surface area contributed by atoms with E-state index in [9.17, 15) is 4.79 Å². The van der Waals surface area contributed by atoms with Gasteiger partial charge in [0.2, 0.25) is 5.91 Å². The molecule has 1 aliphatic heterocycles. The molecule has 2 aliphatic rings. The van der Waals surface area contributed by atoms with Crippen LogP contribution in [0.2, 0.25) is 10.0 Å². The zero-order chi connectivity index (χ0) is 18.4. The number of thioether (sulfide) groups is 1. The van der Waals surface area contributed by atoms with Crippen molar-refractivity contribution in [3.05, 3.63) is 33.8 Å². The molecule has 144 valence electrons. The molecule has 3 nitrogen and oxygen atoms in total. The predicted molar refractivity (Wildman–Crippen MR) is 112 cm³/mol. The van der Waals surface area contributed by atoms with E-state index in [2.05, 4.69) is 10.2 Å². The number of rotatable bonds is 7. The fraction of sp³-hybridized carbons (Fsp3) is 0.650. The van der Waals surface area contributed by atoms with E-state index in [0.717, 1.165) is 60.6 Å². The Morgan fingerprint density at radius 3 is 2.58 bits per heavy atom. The van der Waals surface area contributed by atoms with Gasteiger partial charge in [0.05, 0.1) is 0 Å². The average Bonchev–Trinajstić information content (AvgIpc) is 3.15. The standard InChI is InChI=1S/C20H28Cl2N2OS/c21-17-6-5-16(19(22)13-17)14-24-10-7-15(8-11-24)20(25)23-9-12-26-18-3-1-2-4-18/h5-6,13,15,18H,1-4,7-12,14H2,(H,23,25). The maximum atomic E-state index is 12.4. The van der Waals surface area contributed by atoms with Gasteiger partial charge in [-0.05, 0) is 56.5 Å². The van der Waals surface area contributed by atoms with E-state index in [-0.39, 0.29) is 11.8 Å². The molecule has 3 rings (SSSR count). The van der Waals surface area contributed by atoms with Crippen molar-refractivity contribution in [2.24, 2.45) is 5.92 Å². The molecule has 26 heavy (non-hydrogen) atoms. The number of nitrogens with one attached hydrogen (secondary N) is 1. The van der Waals surface area contributed by atoms with Crippen molar-refractivity contribution < 1.29 is 4.79 Å². The lowest BCUT2D eigenvalue weighted by atomic mass is 9.95. The van der Waals surface area contributed by atoms with Crippen molar-refractivity contribution in [2.75, 3.05) is 25.4 Å². The smallest absolute Gasteiger partial charge is 0.223 e. The fourth-order valence-corrected chi connectivity index (χ4v) is 5.53. The van der Waals surface area contributed by atoms with E-state index in [1.54, 1.807) is 6.07 Å². The van der Waals surface area contributed by atoms with E-state index in [1.807, 2.05) is 23.9 Å². The lowest BCUT2D eigenvalue weighted by Crippen LogP contribution is -2.40. The monoisotopic (exact) mass is 414 g/mol. The van der Waals surface area contributed by atoms with Crippen LogP contribution in [-0.2, 0) is 11.3 Å². The van der Waals surface area contributed by atoms with E-state index < -0.39 is 0 Å². The summed E-state index contributed by atoms with van der Waals surface area (Å²) < 4.78 is 0. The summed E-state index contributed by atoms with van der Waals surface area (Å²) >= 11 is 14.3. The van der Waals surface area contributed by atoms with Gasteiger partial charge in [0, 0.05) is 40.1 Å². The summed E-state index contributed by atoms with van der Waals surface area (Å²) in [5.41, 5.74) is 1.10. The van der Waals surface area contributed by atoms with Crippen LogP contribution in [0.3, 0.4) is 0 Å². The molecule has 1 heterocycles. The molecule has 1 saturated heterocycles. The number of piperidine rings is 1. The van der Waals surface area contributed by atoms with Crippen molar-refractivity contribution in [3.8, 4) is 0 Å². The summed E-state index contributed by atoms with van der Waals surface area (Å²) in [6.07, 6.45) is 7.32. The number of nitrogens with zero attached hydrogens (tertiary/aromatic N) is 1. The van der Waals surface area contributed by atoms with Crippen molar-refractivity contribution in [1.82, 2.24) is 10.2 Å². The molecule has 2 fully saturated rings. The van der Waals surface area contributed by atoms with Gasteiger partial charge in [0.1, 0.15) is 0 Å². The molecular formula is C20H28Cl2N2OS. The fourth-order valence-electron chi connectivity index (χ4n) is 3.84. The van der Waals surface area contributed by atoms with Gasteiger partial charge in [-0.3, -0.25) is 9.69 Å². The zero-order valence-electron chi connectivity index (χ0n) is 15.2. The third kappa shape index (κ3) is 6.05. The number of halogens is 2. The van der Waals surface area contributed by atoms with Crippen LogP contribution in [0.1, 0.15) is 44.1 Å². The number of hydrogen-bond acceptors (Lipinski definition) is 3. The Hall–Kier alpha value is -0.420. The van der Waals surface area contributed by atoms with Crippen LogP contribution < -0.4 is 5.32 Å². The number of hydrogen-bond donors (Lipinski definition) is 1. The normalized spacial score (nSPS) is 19.8. The SMILES string of the molecule is O=C(NCCSC1CCCC1)C1CCN(Cc2ccc(Cl)cc2Cl)CC1. The maximum Gasteiger partial charge on any atom is 0.223 e. The first kappa shape index (κ1) is 20.3. The van der Waals surface area contributed by atoms with Crippen LogP contribution in [0.4, 0.5) is 0 Å². The quantitative estimate of drug-likeness (QED) is 0.637. The first-order valence-electron chi connectivity index (χ1n) is 9.67. The molecular weight excluding hydrogens is 387 g/mol. The zero-order valence-corrected chi connectivity index (χ0v) is 17.5. The number of benzene rings is 1. The minimum Gasteiger partial charge on any atom is -0.355 e. The molecule has 1 aromatic rings. The lowest BCUT2D eigenvalue weighted by molar-refractivity contribution is -0.126. The molecule has 0 spiro atoms. The molecule has 1 aromatic carbocycles. The summed E-state index contributed by atoms with van der Waals surface area (Å²) in [7, 11) is 0. The van der Waals surface area contributed by atoms with Gasteiger partial charge in [-0.15, -0.1) is 0 Å². The Morgan fingerprint density at radius 2 is 1.88 bits per heavy atom. The van der Waals surface area contributed by atoms with Crippen LogP contribution >= 0.6 is 35.0 Å². The Morgan fingerprint density at radius 1 is 1.15 bits per heavy atom. The molecule has 0 aromatic heterocycles. The summed E-state index contributed by atoms with van der Waals surface area (Å²) in [5.74, 6) is 1.44. The highest BCUT2D eigenvalue weighted by molar-refractivity contribution is 7.99. The highest BCUT2D eigenvalue weighted by Crippen LogP contribution is 2.29. The van der Waals surface area contributed by atoms with E-state index in [4.69, 9.17) is 23.2 Å². The van der Waals surface area contributed by atoms with Crippen molar-refractivity contribution in [2.45, 2.75) is 50.3 Å². The third-order valence-corrected chi connectivity index (χ3v) is 7.39. The van der Waals surface area contributed by atoms with Gasteiger partial charge in [0.15, 0.2) is 0 Å². The molecule has 1 aliphatic carbocycles. The Kier molecular flexibility index (Phi) is 7.98. The Bertz CT molecular complexity index is 599. The minimum absolute atomic E-state index is 0.156. The molecule has 1 amide bonds. The third-order valence-electron chi connectivity index (χ3n) is 5.42. The largest absolute Gasteiger partial charge is 0.355 e. The van der Waals surface area contributed by atoms with Crippen molar-refractivity contribution >= 4 is 40.9 Å². The molecule has 0 unspecified atom stereocenters. The highest BCUT2D eigenvalue weighted by atomic mass is 35.5. The van der Waals surface area contributed by atoms with Crippen molar-refractivity contribution in [3.63, 3.8) is 0 Å². The Labute approximate surface area is 171 Å². The van der Waals surface area contributed by atoms with Gasteiger partial charge in [-0.25, -0.2) is 0 Å². The summed E-state index contributed by atoms with van der Waals surface area (Å²) in [5, 5.41) is 5.36. The minimum atomic E-state index is 0.156.